The standard InChI is InChI=1S/C4H8N2O2/c1-2-3(5)6-4(7)8/h2-3,6H,1,5H2,(H,7,8). The Morgan fingerprint density at radius 1 is 2.00 bits per heavy atom. The van der Waals surface area contributed by atoms with Crippen LogP contribution in [-0.4, -0.2) is 17.4 Å². The molecule has 0 rings (SSSR count). The molecule has 0 bridgehead atoms. The van der Waals surface area contributed by atoms with E-state index >= 15 is 0 Å². The quantitative estimate of drug-likeness (QED) is 0.343. The highest BCUT2D eigenvalue weighted by Gasteiger charge is 1.96. The van der Waals surface area contributed by atoms with Gasteiger partial charge in [-0.15, -0.1) is 0 Å². The van der Waals surface area contributed by atoms with Gasteiger partial charge in [0.2, 0.25) is 0 Å². The summed E-state index contributed by atoms with van der Waals surface area (Å²) in [5.41, 5.74) is 5.06. The summed E-state index contributed by atoms with van der Waals surface area (Å²) >= 11 is 0. The molecule has 0 radical (unpaired) electrons. The van der Waals surface area contributed by atoms with Gasteiger partial charge in [-0.05, 0) is 0 Å². The summed E-state index contributed by atoms with van der Waals surface area (Å²) in [6.07, 6.45) is -0.501. The molecule has 0 aromatic heterocycles. The molecule has 8 heavy (non-hydrogen) atoms. The summed E-state index contributed by atoms with van der Waals surface area (Å²) < 4.78 is 0. The first-order valence-electron chi connectivity index (χ1n) is 2.04. The van der Waals surface area contributed by atoms with Crippen molar-refractivity contribution in [3.63, 3.8) is 0 Å². The fraction of sp³-hybridized carbons (Fsp3) is 0.250. The normalized spacial score (nSPS) is 12.1. The average Bonchev–Trinajstić information content (AvgIpc) is 1.65. The molecule has 4 nitrogen and oxygen atoms in total. The number of carboxylic acid groups (broad SMARTS) is 1. The summed E-state index contributed by atoms with van der Waals surface area (Å²) in [6.45, 7) is 3.26. The smallest absolute Gasteiger partial charge is 0.406 e. The molecule has 0 saturated carbocycles. The van der Waals surface area contributed by atoms with Crippen molar-refractivity contribution in [1.29, 1.82) is 0 Å². The van der Waals surface area contributed by atoms with E-state index in [1.54, 1.807) is 0 Å². The van der Waals surface area contributed by atoms with E-state index in [4.69, 9.17) is 10.8 Å². The van der Waals surface area contributed by atoms with Gasteiger partial charge in [0.1, 0.15) is 0 Å². The zero-order chi connectivity index (χ0) is 6.57. The maximum absolute atomic E-state index is 9.73. The second-order valence-corrected chi connectivity index (χ2v) is 1.21. The van der Waals surface area contributed by atoms with Crippen molar-refractivity contribution >= 4 is 6.09 Å². The summed E-state index contributed by atoms with van der Waals surface area (Å²) in [7, 11) is 0. The minimum atomic E-state index is -1.14. The fourth-order valence-electron chi connectivity index (χ4n) is 0.202. The van der Waals surface area contributed by atoms with Crippen LogP contribution < -0.4 is 11.1 Å². The van der Waals surface area contributed by atoms with Gasteiger partial charge in [-0.2, -0.15) is 0 Å². The van der Waals surface area contributed by atoms with Gasteiger partial charge >= 0.3 is 6.09 Å². The third-order valence-corrected chi connectivity index (χ3v) is 0.544. The molecule has 0 aromatic carbocycles. The van der Waals surface area contributed by atoms with Gasteiger partial charge in [0.05, 0.1) is 6.17 Å². The number of nitrogens with two attached hydrogens (primary N) is 1. The first-order chi connectivity index (χ1) is 3.66. The van der Waals surface area contributed by atoms with E-state index in [0.29, 0.717) is 0 Å². The molecule has 4 heteroatoms. The van der Waals surface area contributed by atoms with Crippen molar-refractivity contribution in [2.45, 2.75) is 6.17 Å². The predicted octanol–water partition coefficient (Wildman–Crippen LogP) is -0.275. The number of nitrogens with one attached hydrogen (secondary N) is 1. The van der Waals surface area contributed by atoms with Crippen molar-refractivity contribution in [1.82, 2.24) is 5.32 Å². The van der Waals surface area contributed by atoms with Crippen molar-refractivity contribution < 1.29 is 9.90 Å². The Balaban J connectivity index is 3.38. The number of hydrogen-bond acceptors (Lipinski definition) is 2. The lowest BCUT2D eigenvalue weighted by Crippen LogP contribution is -2.38. The molecule has 0 spiro atoms. The van der Waals surface area contributed by atoms with Crippen LogP contribution in [0.4, 0.5) is 4.79 Å². The molecule has 4 N–H and O–H groups in total. The zero-order valence-corrected chi connectivity index (χ0v) is 4.29. The van der Waals surface area contributed by atoms with Crippen molar-refractivity contribution in [3.05, 3.63) is 12.7 Å². The third-order valence-electron chi connectivity index (χ3n) is 0.544. The van der Waals surface area contributed by atoms with E-state index in [0.717, 1.165) is 0 Å². The van der Waals surface area contributed by atoms with Crippen LogP contribution in [0.2, 0.25) is 0 Å². The van der Waals surface area contributed by atoms with E-state index < -0.39 is 12.3 Å². The number of carbonyl (C=O) groups is 1. The summed E-state index contributed by atoms with van der Waals surface area (Å²) in [6, 6.07) is 0. The monoisotopic (exact) mass is 116 g/mol. The first kappa shape index (κ1) is 6.97. The van der Waals surface area contributed by atoms with Gasteiger partial charge in [0.15, 0.2) is 0 Å². The summed E-state index contributed by atoms with van der Waals surface area (Å²) in [5, 5.41) is 9.94. The van der Waals surface area contributed by atoms with Crippen LogP contribution in [0.1, 0.15) is 0 Å². The molecule has 0 aromatic rings. The van der Waals surface area contributed by atoms with Gasteiger partial charge in [0, 0.05) is 0 Å². The van der Waals surface area contributed by atoms with Gasteiger partial charge < -0.3 is 16.2 Å². The van der Waals surface area contributed by atoms with Crippen LogP contribution in [-0.2, 0) is 0 Å². The van der Waals surface area contributed by atoms with Crippen LogP contribution >= 0.6 is 0 Å². The molecule has 1 unspecified atom stereocenters. The Kier molecular flexibility index (Phi) is 2.64. The van der Waals surface area contributed by atoms with Crippen LogP contribution in [0.15, 0.2) is 12.7 Å². The largest absolute Gasteiger partial charge is 0.465 e. The van der Waals surface area contributed by atoms with E-state index in [1.165, 1.54) is 6.08 Å². The number of hydrogen-bond donors (Lipinski definition) is 3. The highest BCUT2D eigenvalue weighted by atomic mass is 16.4. The fourth-order valence-corrected chi connectivity index (χ4v) is 0.202. The summed E-state index contributed by atoms with van der Waals surface area (Å²) in [5.74, 6) is 0. The minimum absolute atomic E-state index is 0.660. The molecule has 0 saturated heterocycles. The lowest BCUT2D eigenvalue weighted by atomic mass is 10.5. The van der Waals surface area contributed by atoms with E-state index in [9.17, 15) is 4.79 Å². The SMILES string of the molecule is C=CC(N)NC(=O)O. The van der Waals surface area contributed by atoms with Gasteiger partial charge in [-0.3, -0.25) is 0 Å². The van der Waals surface area contributed by atoms with Crippen LogP contribution in [0.5, 0.6) is 0 Å². The lowest BCUT2D eigenvalue weighted by Gasteiger charge is -2.02. The molecule has 0 heterocycles. The van der Waals surface area contributed by atoms with Crippen LogP contribution in [0.25, 0.3) is 0 Å². The Morgan fingerprint density at radius 3 is 2.62 bits per heavy atom. The minimum Gasteiger partial charge on any atom is -0.465 e. The van der Waals surface area contributed by atoms with Gasteiger partial charge in [0.25, 0.3) is 0 Å². The average molecular weight is 116 g/mol. The maximum Gasteiger partial charge on any atom is 0.406 e. The molecule has 46 valence electrons. The highest BCUT2D eigenvalue weighted by molar-refractivity contribution is 5.64. The molecular formula is C4H8N2O2. The topological polar surface area (TPSA) is 75.3 Å². The maximum atomic E-state index is 9.73. The summed E-state index contributed by atoms with van der Waals surface area (Å²) in [4.78, 5) is 9.73. The van der Waals surface area contributed by atoms with Crippen molar-refractivity contribution in [2.24, 2.45) is 5.73 Å². The van der Waals surface area contributed by atoms with Crippen LogP contribution in [0.3, 0.4) is 0 Å². The molecule has 0 aliphatic heterocycles. The molecule has 1 atom stereocenters. The Bertz CT molecular complexity index is 102. The molecule has 0 fully saturated rings. The Hall–Kier alpha value is -1.03. The Morgan fingerprint density at radius 2 is 2.50 bits per heavy atom. The van der Waals surface area contributed by atoms with Crippen LogP contribution in [0, 0.1) is 0 Å². The molecule has 0 aliphatic carbocycles. The van der Waals surface area contributed by atoms with Crippen molar-refractivity contribution in [3.8, 4) is 0 Å². The second kappa shape index (κ2) is 3.04. The van der Waals surface area contributed by atoms with Crippen molar-refractivity contribution in [2.75, 3.05) is 0 Å². The number of amides is 1. The first-order valence-corrected chi connectivity index (χ1v) is 2.04. The van der Waals surface area contributed by atoms with E-state index in [2.05, 4.69) is 6.58 Å². The van der Waals surface area contributed by atoms with E-state index in [-0.39, 0.29) is 0 Å². The lowest BCUT2D eigenvalue weighted by molar-refractivity contribution is 0.192. The van der Waals surface area contributed by atoms with E-state index in [1.807, 2.05) is 5.32 Å². The molecular weight excluding hydrogens is 108 g/mol. The molecule has 1 amide bonds. The highest BCUT2D eigenvalue weighted by Crippen LogP contribution is 1.69. The Labute approximate surface area is 47.0 Å². The molecule has 0 aliphatic rings. The van der Waals surface area contributed by atoms with Gasteiger partial charge in [-0.25, -0.2) is 4.79 Å². The predicted molar refractivity (Wildman–Crippen MR) is 29.3 cm³/mol. The van der Waals surface area contributed by atoms with Gasteiger partial charge in [-0.1, -0.05) is 12.7 Å². The zero-order valence-electron chi connectivity index (χ0n) is 4.29. The number of rotatable bonds is 2. The second-order valence-electron chi connectivity index (χ2n) is 1.21. The third kappa shape index (κ3) is 3.17.